The van der Waals surface area contributed by atoms with Gasteiger partial charge in [0, 0.05) is 29.8 Å². The van der Waals surface area contributed by atoms with Crippen LogP contribution in [-0.2, 0) is 46.4 Å². The second kappa shape index (κ2) is 15.2. The molecule has 6 rings (SSSR count). The number of aromatic hydroxyl groups is 2. The largest absolute Gasteiger partial charge is 1.00 e. The summed E-state index contributed by atoms with van der Waals surface area (Å²) in [5, 5.41) is 29.8. The van der Waals surface area contributed by atoms with Crippen molar-refractivity contribution >= 4 is 5.97 Å². The molecule has 6 unspecified atom stereocenters. The zero-order valence-corrected chi connectivity index (χ0v) is 27.8. The number of carbonyl (C=O) groups excluding carboxylic acids is 1. The van der Waals surface area contributed by atoms with E-state index in [1.807, 2.05) is 12.1 Å². The first-order chi connectivity index (χ1) is 20.5. The van der Waals surface area contributed by atoms with E-state index in [0.717, 1.165) is 48.8 Å². The van der Waals surface area contributed by atoms with Crippen LogP contribution in [-0.4, -0.2) is 38.8 Å². The Bertz CT molecular complexity index is 1340. The van der Waals surface area contributed by atoms with E-state index in [4.69, 9.17) is 16.2 Å². The predicted octanol–water partition coefficient (Wildman–Crippen LogP) is 2.61. The van der Waals surface area contributed by atoms with Gasteiger partial charge in [-0.3, -0.25) is 4.79 Å². The number of hydrogen-bond acceptors (Lipinski definition) is 8. The van der Waals surface area contributed by atoms with Crippen molar-refractivity contribution in [2.45, 2.75) is 134 Å². The predicted molar refractivity (Wildman–Crippen MR) is 171 cm³/mol. The average Bonchev–Trinajstić information content (AvgIpc) is 2.96. The Morgan fingerprint density at radius 1 is 0.800 bits per heavy atom. The summed E-state index contributed by atoms with van der Waals surface area (Å²) < 4.78 is 5.21. The van der Waals surface area contributed by atoms with Crippen molar-refractivity contribution in [3.8, 4) is 11.5 Å². The van der Waals surface area contributed by atoms with Crippen molar-refractivity contribution in [3.05, 3.63) is 57.6 Å². The van der Waals surface area contributed by atoms with Gasteiger partial charge in [-0.1, -0.05) is 52.4 Å². The molecule has 0 heterocycles. The molecule has 0 spiro atoms. The van der Waals surface area contributed by atoms with Gasteiger partial charge in [-0.15, -0.1) is 0 Å². The Balaban J connectivity index is 0.000000237. The number of phenols is 2. The van der Waals surface area contributed by atoms with E-state index in [9.17, 15) is 20.1 Å². The molecule has 0 aromatic heterocycles. The molecule has 2 fully saturated rings. The minimum Gasteiger partial charge on any atom is -0.870 e. The maximum Gasteiger partial charge on any atom is 1.00 e. The zero-order valence-electron chi connectivity index (χ0n) is 27.8. The third kappa shape index (κ3) is 7.43. The number of carbonyl (C=O) groups is 1. The molecule has 4 bridgehead atoms. The van der Waals surface area contributed by atoms with Gasteiger partial charge in [0.15, 0.2) is 0 Å². The Morgan fingerprint density at radius 2 is 1.24 bits per heavy atom. The summed E-state index contributed by atoms with van der Waals surface area (Å²) in [5.74, 6) is 1.16. The molecule has 244 valence electrons. The van der Waals surface area contributed by atoms with Gasteiger partial charge >= 0.3 is 24.8 Å². The van der Waals surface area contributed by atoms with Crippen LogP contribution in [0.2, 0.25) is 0 Å². The number of hydrogen-bond donors (Lipinski definition) is 5. The van der Waals surface area contributed by atoms with Gasteiger partial charge < -0.3 is 37.0 Å². The van der Waals surface area contributed by atoms with Crippen LogP contribution in [0.5, 0.6) is 11.5 Å². The number of phenolic OH excluding ortho intramolecular Hbond substituents is 2. The number of ether oxygens (including phenoxy) is 1. The molecule has 9 heteroatoms. The van der Waals surface area contributed by atoms with Crippen LogP contribution in [0, 0.1) is 11.8 Å². The van der Waals surface area contributed by atoms with Crippen LogP contribution in [0.15, 0.2) is 24.3 Å². The third-order valence-electron chi connectivity index (χ3n) is 11.4. The fourth-order valence-electron chi connectivity index (χ4n) is 8.88. The van der Waals surface area contributed by atoms with Gasteiger partial charge in [-0.05, 0) is 108 Å². The monoisotopic (exact) mass is 616 g/mol. The first-order valence-corrected chi connectivity index (χ1v) is 16.4. The number of fused-ring (bicyclic) bond motifs is 8. The first kappa shape index (κ1) is 37.4. The van der Waals surface area contributed by atoms with Crippen LogP contribution >= 0.6 is 0 Å². The number of aliphatic hydroxyl groups is 1. The number of esters is 1. The van der Waals surface area contributed by atoms with E-state index < -0.39 is 0 Å². The van der Waals surface area contributed by atoms with Crippen molar-refractivity contribution in [2.24, 2.45) is 23.3 Å². The maximum atomic E-state index is 11.2. The molecule has 0 aliphatic heterocycles. The molecular formula is C36H53LiN2O6. The molecule has 8 N–H and O–H groups in total. The maximum absolute atomic E-state index is 11.2. The minimum absolute atomic E-state index is 0. The first-order valence-electron chi connectivity index (χ1n) is 16.4. The molecular weight excluding hydrogens is 563 g/mol. The molecule has 4 aliphatic rings. The van der Waals surface area contributed by atoms with Gasteiger partial charge in [-0.25, -0.2) is 0 Å². The van der Waals surface area contributed by atoms with E-state index >= 15 is 0 Å². The van der Waals surface area contributed by atoms with Crippen molar-refractivity contribution < 1.29 is 49.2 Å². The van der Waals surface area contributed by atoms with Crippen molar-refractivity contribution in [1.29, 1.82) is 0 Å². The van der Waals surface area contributed by atoms with Crippen LogP contribution in [0.3, 0.4) is 0 Å². The summed E-state index contributed by atoms with van der Waals surface area (Å²) in [4.78, 5) is 11.2. The van der Waals surface area contributed by atoms with Crippen LogP contribution < -0.4 is 30.3 Å². The summed E-state index contributed by atoms with van der Waals surface area (Å²) in [6.45, 7) is 6.12. The average molecular weight is 617 g/mol. The van der Waals surface area contributed by atoms with Crippen molar-refractivity contribution in [1.82, 2.24) is 0 Å². The van der Waals surface area contributed by atoms with E-state index in [-0.39, 0.29) is 77.9 Å². The molecule has 4 aliphatic carbocycles. The summed E-state index contributed by atoms with van der Waals surface area (Å²) in [7, 11) is 0. The molecule has 6 atom stereocenters. The number of benzene rings is 2. The van der Waals surface area contributed by atoms with Crippen LogP contribution in [0.1, 0.15) is 118 Å². The summed E-state index contributed by atoms with van der Waals surface area (Å²) in [6, 6.07) is 7.49. The van der Waals surface area contributed by atoms with Crippen molar-refractivity contribution in [2.75, 3.05) is 0 Å². The number of aliphatic hydroxyl groups excluding tert-OH is 1. The molecule has 0 radical (unpaired) electrons. The topological polar surface area (TPSA) is 169 Å². The molecule has 2 saturated carbocycles. The second-order valence-corrected chi connectivity index (χ2v) is 14.2. The van der Waals surface area contributed by atoms with Crippen LogP contribution in [0.25, 0.3) is 0 Å². The van der Waals surface area contributed by atoms with E-state index in [1.54, 1.807) is 12.1 Å². The Morgan fingerprint density at radius 3 is 1.69 bits per heavy atom. The summed E-state index contributed by atoms with van der Waals surface area (Å²) in [5.41, 5.74) is 19.7. The second-order valence-electron chi connectivity index (χ2n) is 14.2. The molecule has 2 aromatic rings. The smallest absolute Gasteiger partial charge is 0.870 e. The van der Waals surface area contributed by atoms with Gasteiger partial charge in [0.25, 0.3) is 0 Å². The van der Waals surface area contributed by atoms with Gasteiger partial charge in [-0.2, -0.15) is 0 Å². The van der Waals surface area contributed by atoms with E-state index in [0.29, 0.717) is 11.8 Å². The summed E-state index contributed by atoms with van der Waals surface area (Å²) in [6.07, 6.45) is 13.7. The van der Waals surface area contributed by atoms with E-state index in [2.05, 4.69) is 13.8 Å². The van der Waals surface area contributed by atoms with Crippen LogP contribution in [0.4, 0.5) is 0 Å². The van der Waals surface area contributed by atoms with E-state index in [1.165, 1.54) is 68.6 Å². The fourth-order valence-corrected chi connectivity index (χ4v) is 8.88. The standard InChI is InChI=1S/C19H27NO3.C17H25NO2.Li.H2O/c1-12(21)23-11-14-8-15(22)10-17-16(14)9-13-6-4-3-5-7-19(17,2)18(13)20;1-17-6-4-2-3-5-11(16(17)18)8-14-12(10-19)7-13(20)9-15(14)17;;/h8,10,13,18,22H,3-7,9,11,20H2,1-2H3;7,9,11,16,19-20H,2-6,8,10,18H2,1H3;;1H2/q;;+1;/p-1. The summed E-state index contributed by atoms with van der Waals surface area (Å²) >= 11 is 0. The number of nitrogens with two attached hydrogens (primary N) is 2. The molecule has 0 saturated heterocycles. The third-order valence-corrected chi connectivity index (χ3v) is 11.4. The Hall–Kier alpha value is -2.05. The number of rotatable bonds is 3. The molecule has 0 amide bonds. The quantitative estimate of drug-likeness (QED) is 0.259. The minimum atomic E-state index is -0.296. The van der Waals surface area contributed by atoms with Gasteiger partial charge in [0.2, 0.25) is 0 Å². The molecule has 2 aromatic carbocycles. The molecule has 45 heavy (non-hydrogen) atoms. The Labute approximate surface area is 280 Å². The Kier molecular flexibility index (Phi) is 12.7. The van der Waals surface area contributed by atoms with Gasteiger partial charge in [0.1, 0.15) is 18.1 Å². The fraction of sp³-hybridized carbons (Fsp3) is 0.639. The molecule has 8 nitrogen and oxygen atoms in total. The van der Waals surface area contributed by atoms with Gasteiger partial charge in [0.05, 0.1) is 6.61 Å². The zero-order chi connectivity index (χ0) is 30.9. The van der Waals surface area contributed by atoms with Crippen molar-refractivity contribution in [3.63, 3.8) is 0 Å². The normalized spacial score (nSPS) is 30.1. The SMILES string of the molecule is CC(=O)OCc1cc(O)cc2c1CC1CCCCCC2(C)C1N.CC12CCCCCC(Cc3c(CO)cc(O)cc31)C2N.[Li+].[OH-].